The lowest BCUT2D eigenvalue weighted by Crippen LogP contribution is -2.14. The zero-order valence-corrected chi connectivity index (χ0v) is 13.2. The number of hydrogen-bond donors (Lipinski definition) is 2. The molecule has 0 saturated heterocycles. The van der Waals surface area contributed by atoms with Crippen molar-refractivity contribution in [3.63, 3.8) is 0 Å². The van der Waals surface area contributed by atoms with Gasteiger partial charge in [-0.3, -0.25) is 0 Å². The number of rotatable bonds is 5. The second-order valence-corrected chi connectivity index (χ2v) is 5.68. The number of aliphatic hydroxyl groups is 1. The normalized spacial score (nSPS) is 12.5. The quantitative estimate of drug-likeness (QED) is 0.729. The van der Waals surface area contributed by atoms with Crippen LogP contribution in [-0.4, -0.2) is 26.3 Å². The van der Waals surface area contributed by atoms with Crippen molar-refractivity contribution in [2.75, 3.05) is 11.9 Å². The van der Waals surface area contributed by atoms with Crippen LogP contribution >= 0.6 is 15.9 Å². The minimum atomic E-state index is -0.307. The minimum absolute atomic E-state index is 0.0161. The van der Waals surface area contributed by atoms with E-state index in [0.717, 1.165) is 15.6 Å². The maximum Gasteiger partial charge on any atom is 0.153 e. The van der Waals surface area contributed by atoms with Gasteiger partial charge in [0.1, 0.15) is 11.3 Å². The van der Waals surface area contributed by atoms with Gasteiger partial charge in [-0.05, 0) is 40.0 Å². The van der Waals surface area contributed by atoms with E-state index in [1.165, 1.54) is 12.1 Å². The van der Waals surface area contributed by atoms with E-state index in [1.54, 1.807) is 29.2 Å². The molecule has 1 atom stereocenters. The van der Waals surface area contributed by atoms with Crippen LogP contribution in [0, 0.1) is 5.82 Å². The van der Waals surface area contributed by atoms with E-state index >= 15 is 0 Å². The number of anilines is 1. The van der Waals surface area contributed by atoms with Crippen molar-refractivity contribution < 1.29 is 9.50 Å². The molecule has 7 heteroatoms. The molecular formula is C15H14BrFN4O. The second kappa shape index (κ2) is 6.41. The highest BCUT2D eigenvalue weighted by Gasteiger charge is 2.16. The van der Waals surface area contributed by atoms with Crippen molar-refractivity contribution in [3.8, 4) is 0 Å². The van der Waals surface area contributed by atoms with Gasteiger partial charge in [-0.1, -0.05) is 12.1 Å². The van der Waals surface area contributed by atoms with Crippen LogP contribution in [0.15, 0.2) is 47.3 Å². The van der Waals surface area contributed by atoms with Crippen molar-refractivity contribution in [2.24, 2.45) is 0 Å². The third-order valence-electron chi connectivity index (χ3n) is 3.37. The summed E-state index contributed by atoms with van der Waals surface area (Å²) in [5, 5.41) is 16.8. The Morgan fingerprint density at radius 3 is 3.05 bits per heavy atom. The summed E-state index contributed by atoms with van der Waals surface area (Å²) in [6.07, 6.45) is 5.51. The summed E-state index contributed by atoms with van der Waals surface area (Å²) in [5.41, 5.74) is 1.55. The van der Waals surface area contributed by atoms with Crippen molar-refractivity contribution in [1.82, 2.24) is 14.6 Å². The van der Waals surface area contributed by atoms with E-state index in [-0.39, 0.29) is 18.5 Å². The summed E-state index contributed by atoms with van der Waals surface area (Å²) >= 11 is 3.44. The molecule has 0 saturated carbocycles. The molecule has 0 aliphatic rings. The van der Waals surface area contributed by atoms with Crippen LogP contribution in [0.25, 0.3) is 5.52 Å². The number of halogens is 2. The van der Waals surface area contributed by atoms with Crippen LogP contribution in [0.3, 0.4) is 0 Å². The van der Waals surface area contributed by atoms with Gasteiger partial charge >= 0.3 is 0 Å². The van der Waals surface area contributed by atoms with E-state index in [0.29, 0.717) is 12.2 Å². The minimum Gasteiger partial charge on any atom is -0.396 e. The zero-order valence-electron chi connectivity index (χ0n) is 11.6. The first-order chi connectivity index (χ1) is 10.7. The Bertz CT molecular complexity index is 792. The SMILES string of the molecule is OCCC(Nc1nccn2ncc(Br)c12)c1cccc(F)c1. The molecule has 0 aliphatic heterocycles. The molecule has 2 aromatic heterocycles. The number of hydrogen-bond acceptors (Lipinski definition) is 4. The number of aromatic nitrogens is 3. The van der Waals surface area contributed by atoms with Gasteiger partial charge in [-0.25, -0.2) is 13.9 Å². The lowest BCUT2D eigenvalue weighted by Gasteiger charge is -2.19. The van der Waals surface area contributed by atoms with Crippen LogP contribution in [-0.2, 0) is 0 Å². The Morgan fingerprint density at radius 1 is 1.41 bits per heavy atom. The number of nitrogens with zero attached hydrogens (tertiary/aromatic N) is 3. The van der Waals surface area contributed by atoms with Gasteiger partial charge in [0.15, 0.2) is 5.82 Å². The van der Waals surface area contributed by atoms with Gasteiger partial charge < -0.3 is 10.4 Å². The molecule has 3 aromatic rings. The van der Waals surface area contributed by atoms with Crippen LogP contribution in [0.4, 0.5) is 10.2 Å². The molecular weight excluding hydrogens is 351 g/mol. The highest BCUT2D eigenvalue weighted by molar-refractivity contribution is 9.10. The molecule has 0 spiro atoms. The molecule has 3 rings (SSSR count). The fourth-order valence-corrected chi connectivity index (χ4v) is 2.81. The highest BCUT2D eigenvalue weighted by atomic mass is 79.9. The van der Waals surface area contributed by atoms with Crippen LogP contribution in [0.5, 0.6) is 0 Å². The Hall–Kier alpha value is -1.99. The molecule has 0 fully saturated rings. The fourth-order valence-electron chi connectivity index (χ4n) is 2.35. The topological polar surface area (TPSA) is 62.5 Å². The number of benzene rings is 1. The standard InChI is InChI=1S/C15H14BrFN4O/c16-12-9-19-21-6-5-18-15(14(12)21)20-13(4-7-22)10-2-1-3-11(17)8-10/h1-3,5-6,8-9,13,22H,4,7H2,(H,18,20). The summed E-state index contributed by atoms with van der Waals surface area (Å²) in [6.45, 7) is -0.0161. The largest absolute Gasteiger partial charge is 0.396 e. The fraction of sp³-hybridized carbons (Fsp3) is 0.200. The first kappa shape index (κ1) is 14.9. The lowest BCUT2D eigenvalue weighted by molar-refractivity contribution is 0.280. The summed E-state index contributed by atoms with van der Waals surface area (Å²) in [7, 11) is 0. The molecule has 2 heterocycles. The first-order valence-corrected chi connectivity index (χ1v) is 7.59. The molecule has 1 aromatic carbocycles. The average Bonchev–Trinajstić information content (AvgIpc) is 2.89. The molecule has 114 valence electrons. The molecule has 0 aliphatic carbocycles. The Kier molecular flexibility index (Phi) is 4.35. The number of fused-ring (bicyclic) bond motifs is 1. The molecule has 0 amide bonds. The van der Waals surface area contributed by atoms with Crippen molar-refractivity contribution in [1.29, 1.82) is 0 Å². The van der Waals surface area contributed by atoms with E-state index in [2.05, 4.69) is 31.3 Å². The van der Waals surface area contributed by atoms with Crippen molar-refractivity contribution in [2.45, 2.75) is 12.5 Å². The van der Waals surface area contributed by atoms with Crippen LogP contribution in [0.1, 0.15) is 18.0 Å². The Labute approximate surface area is 134 Å². The van der Waals surface area contributed by atoms with Gasteiger partial charge in [0.05, 0.1) is 16.7 Å². The Morgan fingerprint density at radius 2 is 2.27 bits per heavy atom. The monoisotopic (exact) mass is 364 g/mol. The second-order valence-electron chi connectivity index (χ2n) is 4.83. The van der Waals surface area contributed by atoms with Gasteiger partial charge in [0, 0.05) is 19.0 Å². The van der Waals surface area contributed by atoms with Crippen LogP contribution in [0.2, 0.25) is 0 Å². The molecule has 5 nitrogen and oxygen atoms in total. The number of nitrogens with one attached hydrogen (secondary N) is 1. The summed E-state index contributed by atoms with van der Waals surface area (Å²) in [6, 6.07) is 6.08. The van der Waals surface area contributed by atoms with Gasteiger partial charge in [-0.2, -0.15) is 5.10 Å². The summed E-state index contributed by atoms with van der Waals surface area (Å²) < 4.78 is 16.0. The third-order valence-corrected chi connectivity index (χ3v) is 3.95. The van der Waals surface area contributed by atoms with Crippen molar-refractivity contribution in [3.05, 3.63) is 58.7 Å². The van der Waals surface area contributed by atoms with Gasteiger partial charge in [0.2, 0.25) is 0 Å². The van der Waals surface area contributed by atoms with Gasteiger partial charge in [-0.15, -0.1) is 0 Å². The van der Waals surface area contributed by atoms with E-state index < -0.39 is 0 Å². The molecule has 0 radical (unpaired) electrons. The summed E-state index contributed by atoms with van der Waals surface area (Å²) in [5.74, 6) is 0.313. The van der Waals surface area contributed by atoms with Crippen molar-refractivity contribution >= 4 is 27.3 Å². The van der Waals surface area contributed by atoms with E-state index in [1.807, 2.05) is 6.07 Å². The molecule has 2 N–H and O–H groups in total. The highest BCUT2D eigenvalue weighted by Crippen LogP contribution is 2.28. The number of aliphatic hydroxyl groups excluding tert-OH is 1. The average molecular weight is 365 g/mol. The lowest BCUT2D eigenvalue weighted by atomic mass is 10.0. The molecule has 0 bridgehead atoms. The smallest absolute Gasteiger partial charge is 0.153 e. The van der Waals surface area contributed by atoms with E-state index in [9.17, 15) is 9.50 Å². The predicted octanol–water partition coefficient (Wildman–Crippen LogP) is 3.17. The summed E-state index contributed by atoms with van der Waals surface area (Å²) in [4.78, 5) is 4.33. The zero-order chi connectivity index (χ0) is 15.5. The predicted molar refractivity (Wildman–Crippen MR) is 85.2 cm³/mol. The molecule has 22 heavy (non-hydrogen) atoms. The maximum atomic E-state index is 13.4. The molecule has 1 unspecified atom stereocenters. The van der Waals surface area contributed by atoms with E-state index in [4.69, 9.17) is 0 Å². The Balaban J connectivity index is 1.98. The van der Waals surface area contributed by atoms with Gasteiger partial charge in [0.25, 0.3) is 0 Å². The van der Waals surface area contributed by atoms with Crippen LogP contribution < -0.4 is 5.32 Å². The first-order valence-electron chi connectivity index (χ1n) is 6.79. The maximum absolute atomic E-state index is 13.4. The third kappa shape index (κ3) is 2.95.